The first-order chi connectivity index (χ1) is 39.1. The van der Waals surface area contributed by atoms with Crippen LogP contribution in [0.1, 0.15) is 180 Å². The maximum atomic E-state index is 14.6. The number of nitrogens with one attached hydrogen (secondary N) is 2. The smallest absolute Gasteiger partial charge is 0.443 e. The molecule has 1 saturated heterocycles. The molecule has 2 atom stereocenters. The Morgan fingerprint density at radius 2 is 0.940 bits per heavy atom. The summed E-state index contributed by atoms with van der Waals surface area (Å²) < 4.78 is 16.3. The van der Waals surface area contributed by atoms with Crippen molar-refractivity contribution >= 4 is 71.9 Å². The zero-order chi connectivity index (χ0) is 64.1. The number of unbranched alkanes of at least 4 members (excludes halogenated alkanes) is 5. The number of amides is 11. The quantitative estimate of drug-likeness (QED) is 0.0333. The predicted octanol–water partition coefficient (Wildman–Crippen LogP) is 6.29. The molecule has 1 fully saturated rings. The minimum absolute atomic E-state index is 0.000801. The fourth-order valence-corrected chi connectivity index (χ4v) is 7.83. The molecule has 0 aromatic rings. The molecule has 28 heteroatoms. The van der Waals surface area contributed by atoms with E-state index in [1.165, 1.54) is 40.7 Å². The number of carbonyl (C=O) groups is 12. The normalized spacial score (nSPS) is 13.1. The molecule has 1 rings (SSSR count). The summed E-state index contributed by atoms with van der Waals surface area (Å²) in [7, 11) is 4.10. The summed E-state index contributed by atoms with van der Waals surface area (Å²) in [6, 6.07) is -2.90. The largest absolute Gasteiger partial charge is 0.444 e. The zero-order valence-electron chi connectivity index (χ0n) is 52.8. The van der Waals surface area contributed by atoms with E-state index < -0.39 is 101 Å². The zero-order valence-corrected chi connectivity index (χ0v) is 52.8. The van der Waals surface area contributed by atoms with Gasteiger partial charge < -0.3 is 63.9 Å². The van der Waals surface area contributed by atoms with Crippen molar-refractivity contribution in [1.82, 2.24) is 50.3 Å². The van der Waals surface area contributed by atoms with Crippen molar-refractivity contribution in [3.63, 3.8) is 0 Å². The van der Waals surface area contributed by atoms with Crippen molar-refractivity contribution in [2.75, 3.05) is 80.0 Å². The number of ether oxygens (including phenoxy) is 3. The molecule has 0 spiro atoms. The standard InChI is InChI=1S/C56H98N10O18/c1-17-62(18-2)50(75)83-64(52(77)80-55(8,9)10)35-27-21-23-30-42(67)57-34-26-25-29-40(58-43(68)31-24-22-28-36-65(53(78)81-56(11,12)13)84-51(76)63(19-3)20-4)47(72)61(16)41(39-46(71)82-66-44(69)32-33-45(66)70)48(73)59(14)37-38-60(15)49(74)79-54(5,6)7/h40-41H,17-39H2,1-16H3,(H,57,67)(H,58,68)/t40-,41-/m0/s1. The number of imide groups is 1. The minimum Gasteiger partial charge on any atom is -0.444 e. The van der Waals surface area contributed by atoms with E-state index in [0.29, 0.717) is 63.3 Å². The second-order valence-corrected chi connectivity index (χ2v) is 23.2. The molecule has 11 amide bonds. The molecule has 0 aromatic carbocycles. The van der Waals surface area contributed by atoms with E-state index in [4.69, 9.17) is 28.7 Å². The Hall–Kier alpha value is -7.16. The van der Waals surface area contributed by atoms with E-state index in [0.717, 1.165) is 15.0 Å². The van der Waals surface area contributed by atoms with Gasteiger partial charge in [-0.25, -0.2) is 28.8 Å². The van der Waals surface area contributed by atoms with Crippen molar-refractivity contribution in [3.8, 4) is 0 Å². The molecule has 0 unspecified atom stereocenters. The molecule has 84 heavy (non-hydrogen) atoms. The van der Waals surface area contributed by atoms with Crippen molar-refractivity contribution in [2.24, 2.45) is 0 Å². The van der Waals surface area contributed by atoms with Gasteiger partial charge in [-0.1, -0.05) is 12.8 Å². The van der Waals surface area contributed by atoms with Crippen LogP contribution in [-0.4, -0.2) is 221 Å². The van der Waals surface area contributed by atoms with Gasteiger partial charge in [-0.15, -0.1) is 15.2 Å². The van der Waals surface area contributed by atoms with E-state index in [9.17, 15) is 57.5 Å². The Kier molecular flexibility index (Phi) is 32.5. The average Bonchev–Trinajstić information content (AvgIpc) is 3.60. The summed E-state index contributed by atoms with van der Waals surface area (Å²) in [5, 5.41) is 7.64. The van der Waals surface area contributed by atoms with Crippen LogP contribution < -0.4 is 10.6 Å². The van der Waals surface area contributed by atoms with Crippen LogP contribution in [0.15, 0.2) is 0 Å². The molecule has 1 heterocycles. The van der Waals surface area contributed by atoms with Gasteiger partial charge in [0.15, 0.2) is 0 Å². The fourth-order valence-electron chi connectivity index (χ4n) is 7.83. The third-order valence-electron chi connectivity index (χ3n) is 12.5. The van der Waals surface area contributed by atoms with Crippen molar-refractivity contribution in [1.29, 1.82) is 0 Å². The molecule has 0 radical (unpaired) electrons. The number of rotatable bonds is 31. The Labute approximate surface area is 495 Å². The van der Waals surface area contributed by atoms with Crippen LogP contribution in [0.3, 0.4) is 0 Å². The third-order valence-corrected chi connectivity index (χ3v) is 12.5. The van der Waals surface area contributed by atoms with E-state index in [-0.39, 0.29) is 90.0 Å². The minimum atomic E-state index is -1.61. The molecular weight excluding hydrogens is 1100 g/mol. The Morgan fingerprint density at radius 3 is 1.38 bits per heavy atom. The van der Waals surface area contributed by atoms with E-state index in [1.54, 1.807) is 90.0 Å². The van der Waals surface area contributed by atoms with Crippen LogP contribution in [0.25, 0.3) is 0 Å². The summed E-state index contributed by atoms with van der Waals surface area (Å²) in [6.45, 7) is 23.7. The number of hydrogen-bond acceptors (Lipinski definition) is 18. The summed E-state index contributed by atoms with van der Waals surface area (Å²) >= 11 is 0. The van der Waals surface area contributed by atoms with Crippen LogP contribution >= 0.6 is 0 Å². The summed E-state index contributed by atoms with van der Waals surface area (Å²) in [4.78, 5) is 180. The molecule has 1 aliphatic rings. The van der Waals surface area contributed by atoms with Crippen LogP contribution in [0.2, 0.25) is 0 Å². The highest BCUT2D eigenvalue weighted by atomic mass is 16.8. The van der Waals surface area contributed by atoms with Crippen molar-refractivity contribution in [2.45, 2.75) is 209 Å². The first kappa shape index (κ1) is 74.9. The van der Waals surface area contributed by atoms with Crippen LogP contribution in [0.4, 0.5) is 24.0 Å². The van der Waals surface area contributed by atoms with Gasteiger partial charge in [0, 0.05) is 92.6 Å². The average molecular weight is 1200 g/mol. The summed E-state index contributed by atoms with van der Waals surface area (Å²) in [5.74, 6) is -5.11. The molecule has 0 aromatic heterocycles. The molecule has 0 bridgehead atoms. The molecule has 28 nitrogen and oxygen atoms in total. The topological polar surface area (TPSA) is 310 Å². The fraction of sp³-hybridized carbons (Fsp3) is 0.786. The van der Waals surface area contributed by atoms with Gasteiger partial charge >= 0.3 is 36.4 Å². The van der Waals surface area contributed by atoms with Crippen molar-refractivity contribution < 1.29 is 86.3 Å². The maximum Gasteiger partial charge on any atom is 0.443 e. The molecule has 480 valence electrons. The first-order valence-electron chi connectivity index (χ1n) is 29.1. The van der Waals surface area contributed by atoms with Gasteiger partial charge in [-0.05, 0) is 135 Å². The lowest BCUT2D eigenvalue weighted by molar-refractivity contribution is -0.198. The van der Waals surface area contributed by atoms with Crippen molar-refractivity contribution in [3.05, 3.63) is 0 Å². The maximum absolute atomic E-state index is 14.6. The van der Waals surface area contributed by atoms with Gasteiger partial charge in [-0.2, -0.15) is 0 Å². The Balaban J connectivity index is 3.30. The lowest BCUT2D eigenvalue weighted by Gasteiger charge is -2.33. The lowest BCUT2D eigenvalue weighted by atomic mass is 10.0. The van der Waals surface area contributed by atoms with E-state index in [1.807, 2.05) is 0 Å². The lowest BCUT2D eigenvalue weighted by Crippen LogP contribution is -2.56. The second kappa shape index (κ2) is 36.5. The van der Waals surface area contributed by atoms with E-state index in [2.05, 4.69) is 10.6 Å². The third kappa shape index (κ3) is 29.4. The van der Waals surface area contributed by atoms with Gasteiger partial charge in [0.05, 0.1) is 19.5 Å². The van der Waals surface area contributed by atoms with Gasteiger partial charge in [0.1, 0.15) is 28.9 Å². The number of likely N-dealkylation sites (N-methyl/N-ethyl adjacent to an activating group) is 3. The second-order valence-electron chi connectivity index (χ2n) is 23.2. The first-order valence-corrected chi connectivity index (χ1v) is 29.1. The monoisotopic (exact) mass is 1200 g/mol. The molecule has 0 aliphatic carbocycles. The molecule has 0 saturated carbocycles. The van der Waals surface area contributed by atoms with Crippen LogP contribution in [0.5, 0.6) is 0 Å². The van der Waals surface area contributed by atoms with Gasteiger partial charge in [-0.3, -0.25) is 28.8 Å². The summed E-state index contributed by atoms with van der Waals surface area (Å²) in [5.41, 5.74) is -2.54. The summed E-state index contributed by atoms with van der Waals surface area (Å²) in [6.07, 6.45) is -2.15. The predicted molar refractivity (Wildman–Crippen MR) is 305 cm³/mol. The number of hydroxylamine groups is 6. The van der Waals surface area contributed by atoms with Crippen LogP contribution in [-0.2, 0) is 62.3 Å². The highest BCUT2D eigenvalue weighted by Crippen LogP contribution is 2.19. The molecule has 1 aliphatic heterocycles. The highest BCUT2D eigenvalue weighted by molar-refractivity contribution is 6.02. The Bertz CT molecular complexity index is 2190. The van der Waals surface area contributed by atoms with Gasteiger partial charge in [0.2, 0.25) is 23.6 Å². The SMILES string of the molecule is CCN(CC)C(=O)ON(CCCCCC(=O)NCCCC[C@H](NC(=O)CCCCCN(OC(=O)N(CC)CC)C(=O)OC(C)(C)C)C(=O)N(C)[C@@H](CC(=O)ON1C(=O)CCC1=O)C(=O)N(C)CCN(C)C(=O)OC(C)(C)C)C(=O)OC(C)(C)C. The van der Waals surface area contributed by atoms with Gasteiger partial charge in [0.25, 0.3) is 11.8 Å². The number of nitrogens with zero attached hydrogens (tertiary/aromatic N) is 8. The number of carbonyl (C=O) groups excluding carboxylic acids is 12. The van der Waals surface area contributed by atoms with Crippen LogP contribution in [0, 0.1) is 0 Å². The van der Waals surface area contributed by atoms with E-state index >= 15 is 0 Å². The number of hydrogen-bond donors (Lipinski definition) is 2. The highest BCUT2D eigenvalue weighted by Gasteiger charge is 2.39. The molecule has 2 N–H and O–H groups in total. The Morgan fingerprint density at radius 1 is 0.512 bits per heavy atom. The molecular formula is C56H98N10O18.